The van der Waals surface area contributed by atoms with E-state index in [1.54, 1.807) is 0 Å². The van der Waals surface area contributed by atoms with Crippen LogP contribution < -0.4 is 0 Å². The molecule has 0 saturated heterocycles. The molecule has 0 atom stereocenters. The van der Waals surface area contributed by atoms with Gasteiger partial charge in [0.1, 0.15) is 0 Å². The summed E-state index contributed by atoms with van der Waals surface area (Å²) in [4.78, 5) is 0. The maximum Gasteiger partial charge on any atom is -0.0328 e. The van der Waals surface area contributed by atoms with Crippen LogP contribution >= 0.6 is 0 Å². The van der Waals surface area contributed by atoms with E-state index in [-0.39, 0.29) is 0 Å². The van der Waals surface area contributed by atoms with Crippen LogP contribution in [-0.4, -0.2) is 0 Å². The van der Waals surface area contributed by atoms with E-state index in [2.05, 4.69) is 34.3 Å². The topological polar surface area (TPSA) is 0 Å². The average molecular weight is 128 g/mol. The summed E-state index contributed by atoms with van der Waals surface area (Å²) in [6.07, 6.45) is 3.66. The van der Waals surface area contributed by atoms with E-state index in [4.69, 9.17) is 0 Å². The van der Waals surface area contributed by atoms with E-state index in [1.165, 1.54) is 24.8 Å². The molecule has 0 saturated carbocycles. The summed E-state index contributed by atoms with van der Waals surface area (Å²) in [6, 6.07) is 0. The van der Waals surface area contributed by atoms with Gasteiger partial charge in [-0.05, 0) is 13.3 Å². The predicted octanol–water partition coefficient (Wildman–Crippen LogP) is 3.78. The molecule has 56 valence electrons. The van der Waals surface area contributed by atoms with Crippen LogP contribution in [0.1, 0.15) is 47.0 Å². The Balaban J connectivity index is 0. The molecule has 0 nitrogen and oxygen atoms in total. The molecule has 0 aliphatic rings. The van der Waals surface area contributed by atoms with E-state index >= 15 is 0 Å². The van der Waals surface area contributed by atoms with Crippen molar-refractivity contribution in [3.63, 3.8) is 0 Å². The molecule has 0 radical (unpaired) electrons. The number of hydrogen-bond acceptors (Lipinski definition) is 0. The van der Waals surface area contributed by atoms with Gasteiger partial charge < -0.3 is 0 Å². The minimum absolute atomic E-state index is 1.18. The fourth-order valence-corrected chi connectivity index (χ4v) is 0.427. The normalized spacial score (nSPS) is 7.56. The monoisotopic (exact) mass is 128 g/mol. The van der Waals surface area contributed by atoms with Crippen LogP contribution in [0.4, 0.5) is 0 Å². The van der Waals surface area contributed by atoms with Crippen molar-refractivity contribution in [3.05, 3.63) is 12.2 Å². The molecule has 0 aromatic rings. The highest BCUT2D eigenvalue weighted by Crippen LogP contribution is 1.96. The van der Waals surface area contributed by atoms with E-state index in [9.17, 15) is 0 Å². The summed E-state index contributed by atoms with van der Waals surface area (Å²) in [5, 5.41) is 0. The summed E-state index contributed by atoms with van der Waals surface area (Å²) >= 11 is 0. The van der Waals surface area contributed by atoms with E-state index < -0.39 is 0 Å². The van der Waals surface area contributed by atoms with Crippen molar-refractivity contribution >= 4 is 0 Å². The first-order valence-electron chi connectivity index (χ1n) is 3.83. The molecule has 0 amide bonds. The maximum absolute atomic E-state index is 3.74. The standard InChI is InChI=1S/C6H12.C3H8/c1-4-5-6(2)3;1-3-2/h2,4-5H2,1,3H3;3H2,1-2H3. The van der Waals surface area contributed by atoms with Crippen LogP contribution in [0.3, 0.4) is 0 Å². The van der Waals surface area contributed by atoms with Crippen LogP contribution in [0, 0.1) is 0 Å². The first kappa shape index (κ1) is 11.5. The molecule has 0 unspecified atom stereocenters. The number of allylic oxidation sites excluding steroid dienone is 1. The molecule has 0 aromatic carbocycles. The molecular weight excluding hydrogens is 108 g/mol. The van der Waals surface area contributed by atoms with Crippen molar-refractivity contribution in [2.75, 3.05) is 0 Å². The Labute approximate surface area is 60.0 Å². The second-order valence-electron chi connectivity index (χ2n) is 2.41. The van der Waals surface area contributed by atoms with Crippen LogP contribution in [0.5, 0.6) is 0 Å². The molecule has 9 heavy (non-hydrogen) atoms. The van der Waals surface area contributed by atoms with Gasteiger partial charge in [0, 0.05) is 0 Å². The Hall–Kier alpha value is -0.260. The molecule has 0 spiro atoms. The maximum atomic E-state index is 3.74. The first-order valence-corrected chi connectivity index (χ1v) is 3.83. The van der Waals surface area contributed by atoms with Gasteiger partial charge in [0.25, 0.3) is 0 Å². The Kier molecular flexibility index (Phi) is 13.7. The largest absolute Gasteiger partial charge is 0.100 e. The van der Waals surface area contributed by atoms with Gasteiger partial charge in [-0.15, -0.1) is 6.58 Å². The summed E-state index contributed by atoms with van der Waals surface area (Å²) in [7, 11) is 0. The lowest BCUT2D eigenvalue weighted by Crippen LogP contribution is -1.66. The third kappa shape index (κ3) is 34.0. The first-order chi connectivity index (χ1) is 4.18. The molecule has 0 heterocycles. The molecule has 0 aliphatic carbocycles. The lowest BCUT2D eigenvalue weighted by Gasteiger charge is -1.87. The van der Waals surface area contributed by atoms with Crippen molar-refractivity contribution < 1.29 is 0 Å². The Morgan fingerprint density at radius 3 is 1.56 bits per heavy atom. The zero-order chi connectivity index (χ0) is 7.70. The molecular formula is C9H20. The molecule has 0 bridgehead atoms. The van der Waals surface area contributed by atoms with Gasteiger partial charge in [0.15, 0.2) is 0 Å². The van der Waals surface area contributed by atoms with Gasteiger partial charge in [-0.2, -0.15) is 0 Å². The SMILES string of the molecule is C=C(C)CCC.CCC. The summed E-state index contributed by atoms with van der Waals surface area (Å²) in [6.45, 7) is 12.2. The number of rotatable bonds is 2. The van der Waals surface area contributed by atoms with Crippen molar-refractivity contribution in [2.45, 2.75) is 47.0 Å². The Morgan fingerprint density at radius 2 is 1.56 bits per heavy atom. The fourth-order valence-electron chi connectivity index (χ4n) is 0.427. The van der Waals surface area contributed by atoms with Gasteiger partial charge in [0.05, 0.1) is 0 Å². The minimum atomic E-state index is 1.18. The lowest BCUT2D eigenvalue weighted by atomic mass is 10.2. The second kappa shape index (κ2) is 10.7. The van der Waals surface area contributed by atoms with Gasteiger partial charge in [0.2, 0.25) is 0 Å². The fraction of sp³-hybridized carbons (Fsp3) is 0.778. The van der Waals surface area contributed by atoms with Gasteiger partial charge in [-0.3, -0.25) is 0 Å². The molecule has 0 N–H and O–H groups in total. The second-order valence-corrected chi connectivity index (χ2v) is 2.41. The van der Waals surface area contributed by atoms with Crippen LogP contribution in [0.2, 0.25) is 0 Å². The average Bonchev–Trinajstić information content (AvgIpc) is 1.67. The highest BCUT2D eigenvalue weighted by Gasteiger charge is 1.76. The Morgan fingerprint density at radius 1 is 1.22 bits per heavy atom. The van der Waals surface area contributed by atoms with Gasteiger partial charge >= 0.3 is 0 Å². The van der Waals surface area contributed by atoms with Crippen LogP contribution in [0.15, 0.2) is 12.2 Å². The minimum Gasteiger partial charge on any atom is -0.100 e. The van der Waals surface area contributed by atoms with Crippen molar-refractivity contribution in [2.24, 2.45) is 0 Å². The molecule has 0 aliphatic heterocycles. The Bertz CT molecular complexity index is 53.1. The zero-order valence-electron chi connectivity index (χ0n) is 7.33. The third-order valence-electron chi connectivity index (χ3n) is 0.677. The van der Waals surface area contributed by atoms with Crippen molar-refractivity contribution in [3.8, 4) is 0 Å². The predicted molar refractivity (Wildman–Crippen MR) is 45.7 cm³/mol. The van der Waals surface area contributed by atoms with E-state index in [0.717, 1.165) is 0 Å². The summed E-state index contributed by atoms with van der Waals surface area (Å²) in [5.41, 5.74) is 1.29. The smallest absolute Gasteiger partial charge is 0.0328 e. The lowest BCUT2D eigenvalue weighted by molar-refractivity contribution is 0.910. The number of hydrogen-bond donors (Lipinski definition) is 0. The third-order valence-corrected chi connectivity index (χ3v) is 0.677. The van der Waals surface area contributed by atoms with Gasteiger partial charge in [-0.25, -0.2) is 0 Å². The van der Waals surface area contributed by atoms with Crippen molar-refractivity contribution in [1.29, 1.82) is 0 Å². The van der Waals surface area contributed by atoms with E-state index in [1.807, 2.05) is 0 Å². The van der Waals surface area contributed by atoms with Crippen LogP contribution in [0.25, 0.3) is 0 Å². The quantitative estimate of drug-likeness (QED) is 0.496. The van der Waals surface area contributed by atoms with E-state index in [0.29, 0.717) is 0 Å². The molecule has 0 aromatic heterocycles. The highest BCUT2D eigenvalue weighted by molar-refractivity contribution is 4.86. The molecule has 0 rings (SSSR count). The summed E-state index contributed by atoms with van der Waals surface area (Å²) in [5.74, 6) is 0. The van der Waals surface area contributed by atoms with Gasteiger partial charge in [-0.1, -0.05) is 39.2 Å². The van der Waals surface area contributed by atoms with Crippen LogP contribution in [-0.2, 0) is 0 Å². The zero-order valence-corrected chi connectivity index (χ0v) is 7.33. The molecule has 0 fully saturated rings. The molecule has 0 heteroatoms. The summed E-state index contributed by atoms with van der Waals surface area (Å²) < 4.78 is 0. The highest BCUT2D eigenvalue weighted by atomic mass is 13.8. The van der Waals surface area contributed by atoms with Crippen molar-refractivity contribution in [1.82, 2.24) is 0 Å².